The van der Waals surface area contributed by atoms with Gasteiger partial charge >= 0.3 is 0 Å². The van der Waals surface area contributed by atoms with E-state index in [-0.39, 0.29) is 17.4 Å². The van der Waals surface area contributed by atoms with Gasteiger partial charge in [-0.15, -0.1) is 0 Å². The van der Waals surface area contributed by atoms with Crippen LogP contribution in [0, 0.1) is 0 Å². The highest BCUT2D eigenvalue weighted by molar-refractivity contribution is 7.88. The molecule has 0 unspecified atom stereocenters. The van der Waals surface area contributed by atoms with Crippen molar-refractivity contribution in [3.8, 4) is 5.75 Å². The largest absolute Gasteiger partial charge is 0.487 e. The molecule has 1 aromatic rings. The zero-order valence-electron chi connectivity index (χ0n) is 14.1. The fourth-order valence-electron chi connectivity index (χ4n) is 3.78. The summed E-state index contributed by atoms with van der Waals surface area (Å²) in [6, 6.07) is 7.85. The van der Waals surface area contributed by atoms with Crippen LogP contribution < -0.4 is 10.1 Å². The standard InChI is InChI=1S/C17H24N2O4S/c1-18-16(20)11-13-12-17(23-15-6-4-3-5-14(13)15)7-9-19(10-8-17)24(2,21)22/h3-6,13H,7-12H2,1-2H3,(H,18,20)/t13-/m0/s1. The number of ether oxygens (including phenoxy) is 1. The number of carbonyl (C=O) groups excluding carboxylic acids is 1. The van der Waals surface area contributed by atoms with E-state index in [1.165, 1.54) is 10.6 Å². The summed E-state index contributed by atoms with van der Waals surface area (Å²) in [4.78, 5) is 11.9. The van der Waals surface area contributed by atoms with Crippen LogP contribution >= 0.6 is 0 Å². The van der Waals surface area contributed by atoms with E-state index >= 15 is 0 Å². The van der Waals surface area contributed by atoms with Gasteiger partial charge in [0.25, 0.3) is 0 Å². The summed E-state index contributed by atoms with van der Waals surface area (Å²) in [7, 11) is -1.52. The summed E-state index contributed by atoms with van der Waals surface area (Å²) in [6.07, 6.45) is 3.72. The van der Waals surface area contributed by atoms with E-state index < -0.39 is 10.0 Å². The number of nitrogens with one attached hydrogen (secondary N) is 1. The van der Waals surface area contributed by atoms with Crippen molar-refractivity contribution in [2.75, 3.05) is 26.4 Å². The molecule has 3 rings (SSSR count). The van der Waals surface area contributed by atoms with E-state index in [0.29, 0.717) is 32.4 Å². The van der Waals surface area contributed by atoms with Gasteiger partial charge in [-0.1, -0.05) is 18.2 Å². The Hall–Kier alpha value is -1.60. The van der Waals surface area contributed by atoms with Gasteiger partial charge in [-0.2, -0.15) is 0 Å². The smallest absolute Gasteiger partial charge is 0.220 e. The van der Waals surface area contributed by atoms with Gasteiger partial charge in [0.05, 0.1) is 6.26 Å². The van der Waals surface area contributed by atoms with Crippen molar-refractivity contribution in [1.29, 1.82) is 0 Å². The van der Waals surface area contributed by atoms with Gasteiger partial charge in [0.15, 0.2) is 0 Å². The third kappa shape index (κ3) is 3.42. The maximum absolute atomic E-state index is 11.9. The van der Waals surface area contributed by atoms with Gasteiger partial charge in [-0.25, -0.2) is 12.7 Å². The SMILES string of the molecule is CNC(=O)C[C@H]1CC2(CCN(S(C)(=O)=O)CC2)Oc2ccccc21. The van der Waals surface area contributed by atoms with E-state index in [2.05, 4.69) is 5.32 Å². The molecule has 0 aromatic heterocycles. The first kappa shape index (κ1) is 17.2. The number of hydrogen-bond donors (Lipinski definition) is 1. The Morgan fingerprint density at radius 1 is 1.33 bits per heavy atom. The average molecular weight is 352 g/mol. The van der Waals surface area contributed by atoms with Crippen LogP contribution in [0.1, 0.15) is 37.2 Å². The van der Waals surface area contributed by atoms with Crippen LogP contribution in [0.4, 0.5) is 0 Å². The zero-order chi connectivity index (χ0) is 17.4. The molecule has 0 saturated carbocycles. The van der Waals surface area contributed by atoms with Gasteiger partial charge in [0.2, 0.25) is 15.9 Å². The second kappa shape index (κ2) is 6.37. The van der Waals surface area contributed by atoms with Gasteiger partial charge < -0.3 is 10.1 Å². The fourth-order valence-corrected chi connectivity index (χ4v) is 4.63. The molecule has 1 saturated heterocycles. The molecule has 2 aliphatic heterocycles. The molecule has 1 aromatic carbocycles. The van der Waals surface area contributed by atoms with Gasteiger partial charge in [0, 0.05) is 45.3 Å². The predicted octanol–water partition coefficient (Wildman–Crippen LogP) is 1.48. The van der Waals surface area contributed by atoms with E-state index in [0.717, 1.165) is 17.7 Å². The van der Waals surface area contributed by atoms with Crippen LogP contribution in [-0.4, -0.2) is 50.6 Å². The molecule has 0 radical (unpaired) electrons. The Labute approximate surface area is 143 Å². The molecule has 0 aliphatic carbocycles. The minimum absolute atomic E-state index is 0.0143. The molecule has 2 heterocycles. The number of rotatable bonds is 3. The molecule has 24 heavy (non-hydrogen) atoms. The lowest BCUT2D eigenvalue weighted by Crippen LogP contribution is -2.51. The van der Waals surface area contributed by atoms with Crippen LogP contribution in [0.5, 0.6) is 5.75 Å². The highest BCUT2D eigenvalue weighted by atomic mass is 32.2. The van der Waals surface area contributed by atoms with Crippen LogP contribution in [-0.2, 0) is 14.8 Å². The molecular weight excluding hydrogens is 328 g/mol. The summed E-state index contributed by atoms with van der Waals surface area (Å²) >= 11 is 0. The molecule has 1 N–H and O–H groups in total. The Kier molecular flexibility index (Phi) is 4.57. The number of benzene rings is 1. The summed E-state index contributed by atoms with van der Waals surface area (Å²) in [5, 5.41) is 2.69. The summed E-state index contributed by atoms with van der Waals surface area (Å²) in [6.45, 7) is 0.932. The lowest BCUT2D eigenvalue weighted by atomic mass is 9.76. The zero-order valence-corrected chi connectivity index (χ0v) is 14.9. The van der Waals surface area contributed by atoms with Crippen molar-refractivity contribution in [1.82, 2.24) is 9.62 Å². The highest BCUT2D eigenvalue weighted by Gasteiger charge is 2.44. The van der Waals surface area contributed by atoms with E-state index in [4.69, 9.17) is 4.74 Å². The number of nitrogens with zero attached hydrogens (tertiary/aromatic N) is 1. The Morgan fingerprint density at radius 2 is 2.00 bits per heavy atom. The summed E-state index contributed by atoms with van der Waals surface area (Å²) in [5.74, 6) is 0.936. The first-order chi connectivity index (χ1) is 11.3. The Balaban J connectivity index is 1.83. The number of para-hydroxylation sites is 1. The monoisotopic (exact) mass is 352 g/mol. The molecule has 6 nitrogen and oxygen atoms in total. The molecule has 1 atom stereocenters. The molecule has 1 fully saturated rings. The van der Waals surface area contributed by atoms with Crippen molar-refractivity contribution < 1.29 is 17.9 Å². The third-order valence-electron chi connectivity index (χ3n) is 5.12. The number of fused-ring (bicyclic) bond motifs is 1. The molecular formula is C17H24N2O4S. The summed E-state index contributed by atoms with van der Waals surface area (Å²) < 4.78 is 31.3. The quantitative estimate of drug-likeness (QED) is 0.894. The van der Waals surface area contributed by atoms with Crippen LogP contribution in [0.2, 0.25) is 0 Å². The van der Waals surface area contributed by atoms with Crippen molar-refractivity contribution in [3.05, 3.63) is 29.8 Å². The van der Waals surface area contributed by atoms with Gasteiger partial charge in [0.1, 0.15) is 11.4 Å². The van der Waals surface area contributed by atoms with Crippen molar-refractivity contribution in [3.63, 3.8) is 0 Å². The summed E-state index contributed by atoms with van der Waals surface area (Å²) in [5.41, 5.74) is 0.686. The van der Waals surface area contributed by atoms with E-state index in [1.54, 1.807) is 7.05 Å². The van der Waals surface area contributed by atoms with E-state index in [9.17, 15) is 13.2 Å². The predicted molar refractivity (Wildman–Crippen MR) is 91.5 cm³/mol. The maximum atomic E-state index is 11.9. The highest BCUT2D eigenvalue weighted by Crippen LogP contribution is 2.46. The Bertz CT molecular complexity index is 724. The Morgan fingerprint density at radius 3 is 2.62 bits per heavy atom. The molecule has 2 aliphatic rings. The maximum Gasteiger partial charge on any atom is 0.220 e. The third-order valence-corrected chi connectivity index (χ3v) is 6.42. The number of sulfonamides is 1. The number of piperidine rings is 1. The second-order valence-electron chi connectivity index (χ2n) is 6.76. The number of carbonyl (C=O) groups is 1. The number of hydrogen-bond acceptors (Lipinski definition) is 4. The molecule has 0 bridgehead atoms. The topological polar surface area (TPSA) is 75.7 Å². The van der Waals surface area contributed by atoms with Crippen molar-refractivity contribution in [2.45, 2.75) is 37.2 Å². The van der Waals surface area contributed by atoms with Gasteiger partial charge in [-0.05, 0) is 18.1 Å². The van der Waals surface area contributed by atoms with Crippen molar-refractivity contribution >= 4 is 15.9 Å². The van der Waals surface area contributed by atoms with E-state index in [1.807, 2.05) is 24.3 Å². The van der Waals surface area contributed by atoms with Crippen LogP contribution in [0.15, 0.2) is 24.3 Å². The molecule has 7 heteroatoms. The fraction of sp³-hybridized carbons (Fsp3) is 0.588. The molecule has 132 valence electrons. The lowest BCUT2D eigenvalue weighted by molar-refractivity contribution is -0.121. The minimum Gasteiger partial charge on any atom is -0.487 e. The first-order valence-electron chi connectivity index (χ1n) is 8.27. The number of amides is 1. The average Bonchev–Trinajstić information content (AvgIpc) is 2.54. The van der Waals surface area contributed by atoms with Crippen LogP contribution in [0.3, 0.4) is 0 Å². The minimum atomic E-state index is -3.16. The van der Waals surface area contributed by atoms with Crippen LogP contribution in [0.25, 0.3) is 0 Å². The lowest BCUT2D eigenvalue weighted by Gasteiger charge is -2.46. The first-order valence-corrected chi connectivity index (χ1v) is 10.1. The van der Waals surface area contributed by atoms with Gasteiger partial charge in [-0.3, -0.25) is 4.79 Å². The second-order valence-corrected chi connectivity index (χ2v) is 8.75. The molecule has 1 amide bonds. The molecule has 1 spiro atoms. The van der Waals surface area contributed by atoms with Crippen molar-refractivity contribution in [2.24, 2.45) is 0 Å². The normalized spacial score (nSPS) is 23.3.